The van der Waals surface area contributed by atoms with Gasteiger partial charge in [0.2, 0.25) is 0 Å². The fourth-order valence-electron chi connectivity index (χ4n) is 3.32. The summed E-state index contributed by atoms with van der Waals surface area (Å²) in [6.45, 7) is 7.37. The Labute approximate surface area is 151 Å². The summed E-state index contributed by atoms with van der Waals surface area (Å²) in [5.41, 5.74) is 5.60. The van der Waals surface area contributed by atoms with Crippen LogP contribution in [0.15, 0.2) is 0 Å². The Morgan fingerprint density at radius 2 is 2.04 bits per heavy atom. The number of hydrogen-bond acceptors (Lipinski definition) is 5. The van der Waals surface area contributed by atoms with Crippen LogP contribution in [0, 0.1) is 0 Å². The van der Waals surface area contributed by atoms with Gasteiger partial charge in [-0.3, -0.25) is 9.69 Å². The molecule has 0 spiro atoms. The molecule has 2 saturated heterocycles. The molecule has 2 aliphatic rings. The summed E-state index contributed by atoms with van der Waals surface area (Å²) in [5.74, 6) is 0.112. The van der Waals surface area contributed by atoms with Gasteiger partial charge in [-0.05, 0) is 26.2 Å². The van der Waals surface area contributed by atoms with E-state index < -0.39 is 0 Å². The molecule has 8 heteroatoms. The third-order valence-corrected chi connectivity index (χ3v) is 4.53. The number of carbonyl (C=O) groups excluding carboxylic acids is 1. The number of halogens is 2. The average Bonchev–Trinajstić information content (AvgIpc) is 2.95. The molecule has 23 heavy (non-hydrogen) atoms. The van der Waals surface area contributed by atoms with E-state index in [0.29, 0.717) is 19.1 Å². The molecule has 0 radical (unpaired) electrons. The van der Waals surface area contributed by atoms with Gasteiger partial charge in [0.05, 0.1) is 12.2 Å². The molecule has 2 heterocycles. The average molecular weight is 372 g/mol. The zero-order chi connectivity index (χ0) is 15.4. The lowest BCUT2D eigenvalue weighted by molar-refractivity contribution is -0.146. The summed E-state index contributed by atoms with van der Waals surface area (Å²) in [5, 5.41) is 9.57. The molecule has 4 atom stereocenters. The second-order valence-electron chi connectivity index (χ2n) is 6.25. The maximum absolute atomic E-state index is 12.5. The van der Waals surface area contributed by atoms with Crippen molar-refractivity contribution in [1.82, 2.24) is 9.80 Å². The Morgan fingerprint density at radius 3 is 2.57 bits per heavy atom. The van der Waals surface area contributed by atoms with Crippen LogP contribution >= 0.6 is 24.8 Å². The number of piperazine rings is 1. The topological polar surface area (TPSA) is 79.0 Å². The van der Waals surface area contributed by atoms with Crippen molar-refractivity contribution in [3.63, 3.8) is 0 Å². The molecule has 3 N–H and O–H groups in total. The highest BCUT2D eigenvalue weighted by atomic mass is 35.5. The Hall–Kier alpha value is -0.110. The van der Waals surface area contributed by atoms with Crippen LogP contribution in [0.25, 0.3) is 0 Å². The zero-order valence-corrected chi connectivity index (χ0v) is 15.7. The summed E-state index contributed by atoms with van der Waals surface area (Å²) < 4.78 is 5.72. The first-order valence-corrected chi connectivity index (χ1v) is 8.11. The number of hydrogen-bond donors (Lipinski definition) is 2. The van der Waals surface area contributed by atoms with Crippen LogP contribution in [-0.4, -0.2) is 77.9 Å². The molecule has 138 valence electrons. The normalized spacial score (nSPS) is 29.6. The number of rotatable bonds is 5. The zero-order valence-electron chi connectivity index (χ0n) is 14.0. The van der Waals surface area contributed by atoms with E-state index in [9.17, 15) is 9.90 Å². The maximum Gasteiger partial charge on any atom is 0.251 e. The number of amides is 1. The first-order valence-electron chi connectivity index (χ1n) is 8.11. The summed E-state index contributed by atoms with van der Waals surface area (Å²) in [4.78, 5) is 16.8. The van der Waals surface area contributed by atoms with Gasteiger partial charge in [0.25, 0.3) is 5.91 Å². The van der Waals surface area contributed by atoms with Gasteiger partial charge in [0, 0.05) is 38.8 Å². The standard InChI is InChI=1S/C15H29N3O3.2ClH/c1-3-12-10-18(7-6-17(12)9-11(2)19)15(20)14-5-4-13(8-16)21-14;;/h11-14,19H,3-10,16H2,1-2H3;2*1H/t11?,12?,13-,14+;;/m1../s1. The van der Waals surface area contributed by atoms with Crippen molar-refractivity contribution < 1.29 is 14.6 Å². The number of nitrogens with two attached hydrogens (primary N) is 1. The minimum absolute atomic E-state index is 0. The molecular formula is C15H31Cl2N3O3. The van der Waals surface area contributed by atoms with Crippen molar-refractivity contribution in [3.8, 4) is 0 Å². The highest BCUT2D eigenvalue weighted by Crippen LogP contribution is 2.22. The molecule has 0 bridgehead atoms. The third kappa shape index (κ3) is 6.03. The van der Waals surface area contributed by atoms with Crippen molar-refractivity contribution >= 4 is 30.7 Å². The second-order valence-corrected chi connectivity index (χ2v) is 6.25. The van der Waals surface area contributed by atoms with Crippen LogP contribution in [0.4, 0.5) is 0 Å². The highest BCUT2D eigenvalue weighted by molar-refractivity contribution is 5.85. The van der Waals surface area contributed by atoms with E-state index in [1.165, 1.54) is 0 Å². The van der Waals surface area contributed by atoms with Gasteiger partial charge in [0.1, 0.15) is 6.10 Å². The minimum Gasteiger partial charge on any atom is -0.392 e. The number of aliphatic hydroxyl groups excluding tert-OH is 1. The molecule has 1 amide bonds. The molecular weight excluding hydrogens is 341 g/mol. The Balaban J connectivity index is 0.00000242. The smallest absolute Gasteiger partial charge is 0.251 e. The van der Waals surface area contributed by atoms with Gasteiger partial charge in [0.15, 0.2) is 0 Å². The number of nitrogens with zero attached hydrogens (tertiary/aromatic N) is 2. The molecule has 0 aromatic heterocycles. The molecule has 2 rings (SSSR count). The fourth-order valence-corrected chi connectivity index (χ4v) is 3.32. The third-order valence-electron chi connectivity index (χ3n) is 4.53. The second kappa shape index (κ2) is 10.7. The number of β-amino-alcohol motifs (C(OH)–C–C–N with tert-alkyl or cyclic N) is 1. The molecule has 0 aliphatic carbocycles. The van der Waals surface area contributed by atoms with E-state index in [0.717, 1.165) is 38.9 Å². The maximum atomic E-state index is 12.5. The molecule has 2 aliphatic heterocycles. The summed E-state index contributed by atoms with van der Waals surface area (Å²) >= 11 is 0. The van der Waals surface area contributed by atoms with E-state index in [4.69, 9.17) is 10.5 Å². The van der Waals surface area contributed by atoms with Crippen molar-refractivity contribution in [2.24, 2.45) is 5.73 Å². The van der Waals surface area contributed by atoms with E-state index >= 15 is 0 Å². The van der Waals surface area contributed by atoms with Crippen molar-refractivity contribution in [3.05, 3.63) is 0 Å². The fraction of sp³-hybridized carbons (Fsp3) is 0.933. The minimum atomic E-state index is -0.329. The molecule has 2 fully saturated rings. The van der Waals surface area contributed by atoms with Crippen LogP contribution in [0.5, 0.6) is 0 Å². The van der Waals surface area contributed by atoms with Gasteiger partial charge in [-0.15, -0.1) is 24.8 Å². The first-order chi connectivity index (χ1) is 10.0. The van der Waals surface area contributed by atoms with E-state index in [2.05, 4.69) is 11.8 Å². The Kier molecular flexibility index (Phi) is 10.6. The molecule has 0 aromatic carbocycles. The Morgan fingerprint density at radius 1 is 1.35 bits per heavy atom. The summed E-state index contributed by atoms with van der Waals surface area (Å²) in [7, 11) is 0. The number of carbonyl (C=O) groups is 1. The molecule has 6 nitrogen and oxygen atoms in total. The van der Waals surface area contributed by atoms with Crippen LogP contribution in [0.1, 0.15) is 33.1 Å². The van der Waals surface area contributed by atoms with Crippen molar-refractivity contribution in [1.29, 1.82) is 0 Å². The lowest BCUT2D eigenvalue weighted by Gasteiger charge is -2.42. The van der Waals surface area contributed by atoms with Gasteiger partial charge in [-0.2, -0.15) is 0 Å². The number of aliphatic hydroxyl groups is 1. The largest absolute Gasteiger partial charge is 0.392 e. The summed E-state index contributed by atoms with van der Waals surface area (Å²) in [6, 6.07) is 0.323. The van der Waals surface area contributed by atoms with Gasteiger partial charge >= 0.3 is 0 Å². The van der Waals surface area contributed by atoms with Gasteiger partial charge in [-0.1, -0.05) is 6.92 Å². The SMILES string of the molecule is CCC1CN(C(=O)[C@@H]2CC[C@H](CN)O2)CCN1CC(C)O.Cl.Cl. The molecule has 2 unspecified atom stereocenters. The number of ether oxygens (including phenoxy) is 1. The van der Waals surface area contributed by atoms with Crippen LogP contribution in [-0.2, 0) is 9.53 Å². The van der Waals surface area contributed by atoms with E-state index in [1.807, 2.05) is 11.8 Å². The van der Waals surface area contributed by atoms with Gasteiger partial charge in [-0.25, -0.2) is 0 Å². The first kappa shape index (κ1) is 22.9. The molecule has 0 saturated carbocycles. The monoisotopic (exact) mass is 371 g/mol. The lowest BCUT2D eigenvalue weighted by Crippen LogP contribution is -2.57. The highest BCUT2D eigenvalue weighted by Gasteiger charge is 2.36. The Bertz CT molecular complexity index is 361. The van der Waals surface area contributed by atoms with Crippen molar-refractivity contribution in [2.75, 3.05) is 32.7 Å². The van der Waals surface area contributed by atoms with E-state index in [1.54, 1.807) is 0 Å². The van der Waals surface area contributed by atoms with Gasteiger partial charge < -0.3 is 20.5 Å². The van der Waals surface area contributed by atoms with Crippen molar-refractivity contribution in [2.45, 2.75) is 57.5 Å². The summed E-state index contributed by atoms with van der Waals surface area (Å²) in [6.07, 6.45) is 2.05. The quantitative estimate of drug-likeness (QED) is 0.741. The van der Waals surface area contributed by atoms with Crippen LogP contribution < -0.4 is 5.73 Å². The lowest BCUT2D eigenvalue weighted by atomic mass is 10.1. The van der Waals surface area contributed by atoms with Crippen LogP contribution in [0.2, 0.25) is 0 Å². The predicted octanol–water partition coefficient (Wildman–Crippen LogP) is 0.640. The van der Waals surface area contributed by atoms with E-state index in [-0.39, 0.29) is 49.0 Å². The predicted molar refractivity (Wildman–Crippen MR) is 95.4 cm³/mol. The molecule has 0 aromatic rings. The van der Waals surface area contributed by atoms with Crippen LogP contribution in [0.3, 0.4) is 0 Å².